The van der Waals surface area contributed by atoms with Crippen molar-refractivity contribution in [3.05, 3.63) is 48.3 Å². The van der Waals surface area contributed by atoms with E-state index >= 15 is 0 Å². The number of carbonyl (C=O) groups is 1. The summed E-state index contributed by atoms with van der Waals surface area (Å²) in [5, 5.41) is 7.23. The van der Waals surface area contributed by atoms with E-state index in [4.69, 9.17) is 10.4 Å². The van der Waals surface area contributed by atoms with Crippen molar-refractivity contribution < 1.29 is 9.32 Å². The smallest absolute Gasteiger partial charge is 0.237 e. The second-order valence-corrected chi connectivity index (χ2v) is 7.79. The van der Waals surface area contributed by atoms with Gasteiger partial charge < -0.3 is 10.4 Å². The Labute approximate surface area is 155 Å². The van der Waals surface area contributed by atoms with Gasteiger partial charge in [-0.05, 0) is 0 Å². The van der Waals surface area contributed by atoms with Crippen LogP contribution in [0.15, 0.2) is 52.3 Å². The lowest BCUT2D eigenvalue weighted by Crippen LogP contribution is -2.15. The maximum atomic E-state index is 12.1. The molecular weight excluding hydrogens is 350 g/mol. The number of nitrogens with two attached hydrogens (primary N) is 1. The zero-order chi connectivity index (χ0) is 18.7. The van der Waals surface area contributed by atoms with Gasteiger partial charge in [-0.3, -0.25) is 10.1 Å². The first-order valence-corrected chi connectivity index (χ1v) is 9.11. The van der Waals surface area contributed by atoms with Gasteiger partial charge >= 0.3 is 0 Å². The average Bonchev–Trinajstić information content (AvgIpc) is 3.20. The molecule has 0 spiro atoms. The minimum atomic E-state index is -0.212. The van der Waals surface area contributed by atoms with Crippen molar-refractivity contribution in [2.45, 2.75) is 31.3 Å². The number of nitrogens with zero attached hydrogens (tertiary/aromatic N) is 3. The molecule has 3 aromatic rings. The van der Waals surface area contributed by atoms with Gasteiger partial charge in [-0.2, -0.15) is 0 Å². The highest BCUT2D eigenvalue weighted by molar-refractivity contribution is 7.99. The number of nitrogen functional groups attached to an aromatic ring is 1. The molecule has 2 heterocycles. The fraction of sp³-hybridized carbons (Fsp3) is 0.278. The number of benzene rings is 1. The van der Waals surface area contributed by atoms with Crippen LogP contribution in [0.1, 0.15) is 26.5 Å². The summed E-state index contributed by atoms with van der Waals surface area (Å²) in [5.41, 5.74) is 2.38. The Kier molecular flexibility index (Phi) is 5.03. The van der Waals surface area contributed by atoms with Gasteiger partial charge in [0.1, 0.15) is 0 Å². The van der Waals surface area contributed by atoms with Crippen LogP contribution in [0, 0.1) is 0 Å². The molecule has 3 N–H and O–H groups in total. The van der Waals surface area contributed by atoms with E-state index in [1.807, 2.05) is 51.1 Å². The van der Waals surface area contributed by atoms with Crippen molar-refractivity contribution in [3.8, 4) is 11.3 Å². The van der Waals surface area contributed by atoms with Crippen molar-refractivity contribution in [3.63, 3.8) is 0 Å². The normalized spacial score (nSPS) is 11.5. The quantitative estimate of drug-likeness (QED) is 0.527. The van der Waals surface area contributed by atoms with E-state index in [-0.39, 0.29) is 17.1 Å². The number of nitrogens with one attached hydrogen (secondary N) is 1. The zero-order valence-electron chi connectivity index (χ0n) is 14.9. The number of carbonyl (C=O) groups excluding carboxylic acids is 1. The fourth-order valence-electron chi connectivity index (χ4n) is 2.22. The van der Waals surface area contributed by atoms with Crippen LogP contribution in [-0.2, 0) is 10.2 Å². The van der Waals surface area contributed by atoms with E-state index in [1.165, 1.54) is 16.4 Å². The lowest BCUT2D eigenvalue weighted by atomic mass is 9.92. The third-order valence-corrected chi connectivity index (χ3v) is 4.61. The Morgan fingerprint density at radius 2 is 2.04 bits per heavy atom. The summed E-state index contributed by atoms with van der Waals surface area (Å²) in [7, 11) is 0. The van der Waals surface area contributed by atoms with Crippen LogP contribution in [0.4, 0.5) is 5.88 Å². The minimum absolute atomic E-state index is 0.140. The number of aromatic nitrogens is 3. The Bertz CT molecular complexity index is 896. The Morgan fingerprint density at radius 1 is 1.31 bits per heavy atom. The summed E-state index contributed by atoms with van der Waals surface area (Å²) in [4.78, 5) is 16.6. The monoisotopic (exact) mass is 371 g/mol. The largest absolute Gasteiger partial charge is 0.338 e. The summed E-state index contributed by atoms with van der Waals surface area (Å²) < 4.78 is 6.59. The predicted molar refractivity (Wildman–Crippen MR) is 102 cm³/mol. The Hall–Kier alpha value is -2.74. The van der Waals surface area contributed by atoms with Gasteiger partial charge in [0.25, 0.3) is 0 Å². The highest BCUT2D eigenvalue weighted by atomic mass is 32.2. The molecule has 7 nitrogen and oxygen atoms in total. The van der Waals surface area contributed by atoms with Gasteiger partial charge in [-0.25, -0.2) is 9.66 Å². The molecule has 0 unspecified atom stereocenters. The molecule has 1 amide bonds. The van der Waals surface area contributed by atoms with Crippen LogP contribution in [0.25, 0.3) is 11.3 Å². The number of hydrogen-bond donors (Lipinski definition) is 2. The van der Waals surface area contributed by atoms with E-state index in [9.17, 15) is 4.79 Å². The standard InChI is InChI=1S/C18H21N5O2S/c1-18(2,3)14-9-16(25-22-14)21-15(24)11-26-17-20-13(10-23(17)19)12-7-5-4-6-8-12/h4-10H,11,19H2,1-3H3,(H,21,24). The lowest BCUT2D eigenvalue weighted by Gasteiger charge is -2.12. The molecule has 26 heavy (non-hydrogen) atoms. The highest BCUT2D eigenvalue weighted by Gasteiger charge is 2.20. The topological polar surface area (TPSA) is 99.0 Å². The van der Waals surface area contributed by atoms with Gasteiger partial charge in [-0.15, -0.1) is 0 Å². The minimum Gasteiger partial charge on any atom is -0.338 e. The van der Waals surface area contributed by atoms with Crippen LogP contribution in [-0.4, -0.2) is 26.5 Å². The molecule has 0 bridgehead atoms. The molecule has 2 aromatic heterocycles. The molecule has 3 rings (SSSR count). The molecule has 1 aromatic carbocycles. The molecule has 0 aliphatic heterocycles. The average molecular weight is 371 g/mol. The van der Waals surface area contributed by atoms with Gasteiger partial charge in [-0.1, -0.05) is 68.0 Å². The molecular formula is C18H21N5O2S. The van der Waals surface area contributed by atoms with Crippen molar-refractivity contribution in [2.75, 3.05) is 16.9 Å². The third-order valence-electron chi connectivity index (χ3n) is 3.64. The molecule has 0 aliphatic carbocycles. The van der Waals surface area contributed by atoms with E-state index < -0.39 is 0 Å². The van der Waals surface area contributed by atoms with Crippen molar-refractivity contribution in [1.82, 2.24) is 14.8 Å². The van der Waals surface area contributed by atoms with Crippen LogP contribution in [0.5, 0.6) is 0 Å². The predicted octanol–water partition coefficient (Wildman–Crippen LogP) is 3.28. The van der Waals surface area contributed by atoms with Gasteiger partial charge in [0.2, 0.25) is 11.8 Å². The third kappa shape index (κ3) is 4.26. The SMILES string of the molecule is CC(C)(C)c1cc(NC(=O)CSc2nc(-c3ccccc3)cn2N)on1. The first-order valence-electron chi connectivity index (χ1n) is 8.12. The summed E-state index contributed by atoms with van der Waals surface area (Å²) in [6.45, 7) is 6.08. The van der Waals surface area contributed by atoms with Crippen molar-refractivity contribution >= 4 is 23.6 Å². The number of thioether (sulfide) groups is 1. The number of anilines is 1. The maximum absolute atomic E-state index is 12.1. The number of imidazole rings is 1. The van der Waals surface area contributed by atoms with Crippen molar-refractivity contribution in [2.24, 2.45) is 0 Å². The van der Waals surface area contributed by atoms with Crippen LogP contribution in [0.3, 0.4) is 0 Å². The van der Waals surface area contributed by atoms with E-state index in [1.54, 1.807) is 12.3 Å². The molecule has 0 fully saturated rings. The zero-order valence-corrected chi connectivity index (χ0v) is 15.7. The Balaban J connectivity index is 1.60. The summed E-state index contributed by atoms with van der Waals surface area (Å²) in [6, 6.07) is 11.5. The van der Waals surface area contributed by atoms with Crippen LogP contribution < -0.4 is 11.2 Å². The highest BCUT2D eigenvalue weighted by Crippen LogP contribution is 2.25. The summed E-state index contributed by atoms with van der Waals surface area (Å²) in [6.07, 6.45) is 1.74. The van der Waals surface area contributed by atoms with E-state index in [0.717, 1.165) is 17.0 Å². The number of rotatable bonds is 5. The molecule has 0 saturated heterocycles. The first-order chi connectivity index (χ1) is 12.3. The summed E-state index contributed by atoms with van der Waals surface area (Å²) in [5.74, 6) is 6.23. The Morgan fingerprint density at radius 3 is 2.69 bits per heavy atom. The molecule has 0 saturated carbocycles. The second-order valence-electron chi connectivity index (χ2n) is 6.85. The lowest BCUT2D eigenvalue weighted by molar-refractivity contribution is -0.113. The molecule has 0 atom stereocenters. The fourth-order valence-corrected chi connectivity index (χ4v) is 2.92. The first kappa shape index (κ1) is 18.1. The number of hydrogen-bond acceptors (Lipinski definition) is 6. The van der Waals surface area contributed by atoms with Crippen molar-refractivity contribution in [1.29, 1.82) is 0 Å². The summed E-state index contributed by atoms with van der Waals surface area (Å²) >= 11 is 1.25. The number of amides is 1. The molecule has 136 valence electrons. The van der Waals surface area contributed by atoms with E-state index in [0.29, 0.717) is 11.0 Å². The molecule has 0 radical (unpaired) electrons. The van der Waals surface area contributed by atoms with Crippen LogP contribution in [0.2, 0.25) is 0 Å². The second kappa shape index (κ2) is 7.25. The molecule has 0 aliphatic rings. The van der Waals surface area contributed by atoms with E-state index in [2.05, 4.69) is 15.5 Å². The molecule has 8 heteroatoms. The van der Waals surface area contributed by atoms with Crippen LogP contribution >= 0.6 is 11.8 Å². The van der Waals surface area contributed by atoms with Gasteiger partial charge in [0.05, 0.1) is 23.3 Å². The maximum Gasteiger partial charge on any atom is 0.237 e. The van der Waals surface area contributed by atoms with Gasteiger partial charge in [0.15, 0.2) is 5.16 Å². The van der Waals surface area contributed by atoms with Gasteiger partial charge in [0, 0.05) is 17.0 Å².